The lowest BCUT2D eigenvalue weighted by Gasteiger charge is -2.27. The van der Waals surface area contributed by atoms with Crippen LogP contribution in [0, 0.1) is 18.3 Å². The number of hydrogen-bond acceptors (Lipinski definition) is 6. The Morgan fingerprint density at radius 2 is 1.75 bits per heavy atom. The summed E-state index contributed by atoms with van der Waals surface area (Å²) in [6.45, 7) is 8.62. The van der Waals surface area contributed by atoms with Gasteiger partial charge in [-0.3, -0.25) is 4.90 Å². The molecule has 0 bridgehead atoms. The monoisotopic (exact) mass is 491 g/mol. The Morgan fingerprint density at radius 1 is 1.06 bits per heavy atom. The molecule has 0 fully saturated rings. The van der Waals surface area contributed by atoms with Gasteiger partial charge in [0.1, 0.15) is 18.1 Å². The van der Waals surface area contributed by atoms with Gasteiger partial charge in [-0.1, -0.05) is 44.9 Å². The van der Waals surface area contributed by atoms with Gasteiger partial charge >= 0.3 is 0 Å². The van der Waals surface area contributed by atoms with E-state index < -0.39 is 6.10 Å². The topological polar surface area (TPSA) is 69.0 Å². The van der Waals surface area contributed by atoms with Gasteiger partial charge in [-0.15, -0.1) is 6.42 Å². The van der Waals surface area contributed by atoms with E-state index in [2.05, 4.69) is 31.6 Å². The fraction of sp³-hybridized carbons (Fsp3) is 0.414. The maximum atomic E-state index is 10.6. The van der Waals surface area contributed by atoms with E-state index in [1.165, 1.54) is 0 Å². The van der Waals surface area contributed by atoms with E-state index >= 15 is 0 Å². The number of aliphatic hydroxyl groups excluding tert-OH is 1. The number of aliphatic hydroxyl groups is 1. The summed E-state index contributed by atoms with van der Waals surface area (Å²) < 4.78 is 19.0. The molecule has 36 heavy (non-hydrogen) atoms. The molecule has 1 N–H and O–H groups in total. The maximum Gasteiger partial charge on any atom is 0.227 e. The minimum Gasteiger partial charge on any atom is -0.497 e. The van der Waals surface area contributed by atoms with Crippen molar-refractivity contribution >= 4 is 0 Å². The molecule has 3 rings (SSSR count). The van der Waals surface area contributed by atoms with Crippen molar-refractivity contribution in [3.63, 3.8) is 0 Å². The Morgan fingerprint density at radius 3 is 2.36 bits per heavy atom. The Balaban J connectivity index is 1.98. The van der Waals surface area contributed by atoms with Gasteiger partial charge in [0.15, 0.2) is 0 Å². The van der Waals surface area contributed by atoms with Crippen LogP contribution in [-0.4, -0.2) is 59.3 Å². The smallest absolute Gasteiger partial charge is 0.227 e. The molecule has 0 radical (unpaired) electrons. The molecule has 7 nitrogen and oxygen atoms in total. The Hall–Kier alpha value is -3.31. The second-order valence-electron chi connectivity index (χ2n) is 9.07. The normalized spacial score (nSPS) is 12.1. The second kappa shape index (κ2) is 13.7. The lowest BCUT2D eigenvalue weighted by molar-refractivity contribution is 0.0236. The molecule has 0 saturated carbocycles. The van der Waals surface area contributed by atoms with Crippen LogP contribution in [-0.2, 0) is 17.7 Å². The van der Waals surface area contributed by atoms with Gasteiger partial charge in [0.05, 0.1) is 36.8 Å². The van der Waals surface area contributed by atoms with Crippen LogP contribution in [0.5, 0.6) is 17.4 Å². The molecule has 2 aromatic carbocycles. The summed E-state index contributed by atoms with van der Waals surface area (Å²) in [7, 11) is 1.64. The number of para-hydroxylation sites is 1. The molecule has 3 aromatic rings. The quantitative estimate of drug-likeness (QED) is 0.260. The summed E-state index contributed by atoms with van der Waals surface area (Å²) in [6.07, 6.45) is 5.36. The Labute approximate surface area is 214 Å². The van der Waals surface area contributed by atoms with Gasteiger partial charge in [-0.25, -0.2) is 4.68 Å². The molecule has 0 aliphatic rings. The van der Waals surface area contributed by atoms with Crippen LogP contribution in [0.25, 0.3) is 5.69 Å². The van der Waals surface area contributed by atoms with E-state index in [-0.39, 0.29) is 13.2 Å². The van der Waals surface area contributed by atoms with E-state index in [0.717, 1.165) is 35.7 Å². The molecule has 1 heterocycles. The fourth-order valence-electron chi connectivity index (χ4n) is 4.07. The zero-order valence-corrected chi connectivity index (χ0v) is 21.7. The highest BCUT2D eigenvalue weighted by Gasteiger charge is 2.24. The number of terminal acetylenes is 1. The summed E-state index contributed by atoms with van der Waals surface area (Å²) in [5.41, 5.74) is 2.86. The minimum absolute atomic E-state index is 0.185. The van der Waals surface area contributed by atoms with Crippen molar-refractivity contribution in [1.82, 2.24) is 14.7 Å². The number of benzene rings is 2. The highest BCUT2D eigenvalue weighted by Crippen LogP contribution is 2.33. The van der Waals surface area contributed by atoms with Gasteiger partial charge in [-0.05, 0) is 48.7 Å². The first-order valence-corrected chi connectivity index (χ1v) is 12.3. The molecule has 0 aliphatic carbocycles. The average Bonchev–Trinajstić information content (AvgIpc) is 3.21. The lowest BCUT2D eigenvalue weighted by atomic mass is 10.1. The van der Waals surface area contributed by atoms with Gasteiger partial charge in [0.25, 0.3) is 0 Å². The van der Waals surface area contributed by atoms with Crippen molar-refractivity contribution in [1.29, 1.82) is 0 Å². The van der Waals surface area contributed by atoms with Gasteiger partial charge in [-0.2, -0.15) is 5.10 Å². The molecule has 0 amide bonds. The first-order valence-electron chi connectivity index (χ1n) is 12.3. The van der Waals surface area contributed by atoms with Crippen LogP contribution >= 0.6 is 0 Å². The van der Waals surface area contributed by atoms with Crippen LogP contribution < -0.4 is 9.47 Å². The van der Waals surface area contributed by atoms with Crippen molar-refractivity contribution in [2.24, 2.45) is 5.92 Å². The fourth-order valence-corrected chi connectivity index (χ4v) is 4.07. The van der Waals surface area contributed by atoms with Gasteiger partial charge < -0.3 is 19.3 Å². The van der Waals surface area contributed by atoms with E-state index in [0.29, 0.717) is 30.6 Å². The molecule has 1 aromatic heterocycles. The largest absolute Gasteiger partial charge is 0.497 e. The van der Waals surface area contributed by atoms with Crippen LogP contribution in [0.2, 0.25) is 0 Å². The van der Waals surface area contributed by atoms with Crippen LogP contribution in [0.15, 0.2) is 54.6 Å². The van der Waals surface area contributed by atoms with E-state index in [1.807, 2.05) is 59.3 Å². The molecular formula is C29H37N3O4. The predicted molar refractivity (Wildman–Crippen MR) is 142 cm³/mol. The number of rotatable bonds is 14. The van der Waals surface area contributed by atoms with Gasteiger partial charge in [0, 0.05) is 19.6 Å². The zero-order chi connectivity index (χ0) is 25.9. The number of aryl methyl sites for hydroxylation is 1. The van der Waals surface area contributed by atoms with Crippen LogP contribution in [0.1, 0.15) is 32.0 Å². The third kappa shape index (κ3) is 7.59. The number of methoxy groups -OCH3 is 1. The van der Waals surface area contributed by atoms with Crippen LogP contribution in [0.4, 0.5) is 0 Å². The maximum absolute atomic E-state index is 10.6. The summed E-state index contributed by atoms with van der Waals surface area (Å²) in [5.74, 6) is 4.96. The first kappa shape index (κ1) is 27.3. The second-order valence-corrected chi connectivity index (χ2v) is 9.07. The van der Waals surface area contributed by atoms with Crippen LogP contribution in [0.3, 0.4) is 0 Å². The van der Waals surface area contributed by atoms with E-state index in [9.17, 15) is 5.11 Å². The predicted octanol–water partition coefficient (Wildman–Crippen LogP) is 4.70. The summed E-state index contributed by atoms with van der Waals surface area (Å²) in [6, 6.07) is 17.5. The summed E-state index contributed by atoms with van der Waals surface area (Å²) in [5, 5.41) is 15.5. The highest BCUT2D eigenvalue weighted by molar-refractivity contribution is 5.44. The van der Waals surface area contributed by atoms with Crippen molar-refractivity contribution in [2.45, 2.75) is 39.8 Å². The Kier molecular flexibility index (Phi) is 10.4. The van der Waals surface area contributed by atoms with E-state index in [1.54, 1.807) is 7.11 Å². The standard InChI is InChI=1S/C29H37N3O4/c1-6-17-35-21-24(33)19-31(18-22(3)4)20-27-28(7-2)30-32(23-11-9-8-10-12-23)29(27)36-26-15-13-25(34-5)14-16-26/h1,8-16,22,24,33H,7,17-21H2,2-5H3/t24-/m0/s1. The zero-order valence-electron chi connectivity index (χ0n) is 21.7. The SMILES string of the molecule is C#CCOC[C@@H](O)CN(Cc1c(CC)nn(-c2ccccc2)c1Oc1ccc(OC)cc1)CC(C)C. The lowest BCUT2D eigenvalue weighted by Crippen LogP contribution is -2.37. The van der Waals surface area contributed by atoms with Crippen molar-refractivity contribution in [2.75, 3.05) is 33.4 Å². The number of ether oxygens (including phenoxy) is 3. The summed E-state index contributed by atoms with van der Waals surface area (Å²) >= 11 is 0. The van der Waals surface area contributed by atoms with Gasteiger partial charge in [0.2, 0.25) is 5.88 Å². The van der Waals surface area contributed by atoms with Crippen molar-refractivity contribution in [3.05, 3.63) is 65.9 Å². The third-order valence-corrected chi connectivity index (χ3v) is 5.60. The Bertz CT molecular complexity index is 1100. The van der Waals surface area contributed by atoms with E-state index in [4.69, 9.17) is 25.7 Å². The van der Waals surface area contributed by atoms with Crippen molar-refractivity contribution < 1.29 is 19.3 Å². The molecule has 7 heteroatoms. The average molecular weight is 492 g/mol. The molecule has 0 unspecified atom stereocenters. The molecule has 0 aliphatic heterocycles. The summed E-state index contributed by atoms with van der Waals surface area (Å²) in [4.78, 5) is 2.22. The number of hydrogen-bond donors (Lipinski definition) is 1. The number of nitrogens with zero attached hydrogens (tertiary/aromatic N) is 3. The molecule has 192 valence electrons. The molecular weight excluding hydrogens is 454 g/mol. The molecule has 1 atom stereocenters. The first-order chi connectivity index (χ1) is 17.4. The molecule has 0 saturated heterocycles. The van der Waals surface area contributed by atoms with Crippen molar-refractivity contribution in [3.8, 4) is 35.4 Å². The molecule has 0 spiro atoms. The minimum atomic E-state index is -0.655. The number of aromatic nitrogens is 2. The third-order valence-electron chi connectivity index (χ3n) is 5.60. The highest BCUT2D eigenvalue weighted by atomic mass is 16.5.